The first-order valence-electron chi connectivity index (χ1n) is 22.3. The fourth-order valence-corrected chi connectivity index (χ4v) is 5.95. The molecule has 4 heterocycles. The van der Waals surface area contributed by atoms with Crippen molar-refractivity contribution >= 4 is 0 Å². The van der Waals surface area contributed by atoms with Gasteiger partial charge in [0.05, 0.1) is 0 Å². The fraction of sp³-hybridized carbons (Fsp3) is 0.214. The second kappa shape index (κ2) is 41.3. The summed E-state index contributed by atoms with van der Waals surface area (Å²) >= 11 is 0. The molecule has 0 atom stereocenters. The molecule has 0 spiro atoms. The standard InChI is InChI=1S/2C18H24N2O2.4C5H5N.2Fe.O/c2*1-19(13-15-7-3-5-9-17(15)21)11-12-20(2)14-16-8-4-6-10-18(16)22;4*1-2-4-6-5-3-1;;;/h2*3-10,21-22H,11-14H2,1-2H3;4*1-5H;;;/q;;;;;;2*+4;-2/p-4. The largest absolute Gasteiger partial charge is 4.00 e. The topological polar surface area (TPSA) is 185 Å². The van der Waals surface area contributed by atoms with Crippen molar-refractivity contribution in [3.05, 3.63) is 242 Å². The Hall–Kier alpha value is -6.48. The summed E-state index contributed by atoms with van der Waals surface area (Å²) in [5.41, 5.74) is 3.27. The first-order chi connectivity index (χ1) is 33.1. The van der Waals surface area contributed by atoms with Crippen LogP contribution in [0.25, 0.3) is 0 Å². The van der Waals surface area contributed by atoms with Gasteiger partial charge in [-0.2, -0.15) is 0 Å². The van der Waals surface area contributed by atoms with Crippen LogP contribution in [-0.2, 0) is 65.8 Å². The van der Waals surface area contributed by atoms with Gasteiger partial charge in [-0.1, -0.05) is 121 Å². The summed E-state index contributed by atoms with van der Waals surface area (Å²) in [6.07, 6.45) is 14.0. The Morgan fingerprint density at radius 1 is 0.282 bits per heavy atom. The number of hydrogen-bond donors (Lipinski definition) is 0. The van der Waals surface area contributed by atoms with Gasteiger partial charge >= 0.3 is 34.1 Å². The summed E-state index contributed by atoms with van der Waals surface area (Å²) in [7, 11) is 8.01. The number of pyridine rings is 4. The predicted molar refractivity (Wildman–Crippen MR) is 267 cm³/mol. The van der Waals surface area contributed by atoms with E-state index in [-0.39, 0.29) is 62.6 Å². The molecule has 0 bridgehead atoms. The fourth-order valence-electron chi connectivity index (χ4n) is 5.95. The molecule has 0 N–H and O–H groups in total. The van der Waals surface area contributed by atoms with Crippen molar-refractivity contribution in [2.24, 2.45) is 0 Å². The van der Waals surface area contributed by atoms with Crippen molar-refractivity contribution in [1.29, 1.82) is 0 Å². The van der Waals surface area contributed by atoms with Crippen LogP contribution in [0, 0.1) is 0 Å². The zero-order chi connectivity index (χ0) is 48.9. The molecule has 0 aliphatic rings. The quantitative estimate of drug-likeness (QED) is 0.102. The Morgan fingerprint density at radius 3 is 0.577 bits per heavy atom. The van der Waals surface area contributed by atoms with Gasteiger partial charge < -0.3 is 45.5 Å². The second-order valence-corrected chi connectivity index (χ2v) is 15.5. The smallest absolute Gasteiger partial charge is 2.00 e. The van der Waals surface area contributed by atoms with E-state index in [9.17, 15) is 20.4 Å². The number of para-hydroxylation sites is 4. The van der Waals surface area contributed by atoms with Gasteiger partial charge in [0.1, 0.15) is 0 Å². The van der Waals surface area contributed by atoms with Crippen molar-refractivity contribution in [3.8, 4) is 23.0 Å². The second-order valence-electron chi connectivity index (χ2n) is 15.5. The van der Waals surface area contributed by atoms with Crippen LogP contribution >= 0.6 is 0 Å². The number of nitrogens with zero attached hydrogens (tertiary/aromatic N) is 8. The molecule has 0 saturated carbocycles. The number of aromatic nitrogens is 4. The van der Waals surface area contributed by atoms with Crippen molar-refractivity contribution in [1.82, 2.24) is 39.5 Å². The van der Waals surface area contributed by atoms with Crippen molar-refractivity contribution in [2.45, 2.75) is 26.2 Å². The number of hydrogen-bond acceptors (Lipinski definition) is 12. The first-order valence-corrected chi connectivity index (χ1v) is 22.3. The zero-order valence-corrected chi connectivity index (χ0v) is 43.0. The minimum absolute atomic E-state index is 0. The Labute approximate surface area is 442 Å². The average molecular weight is 1040 g/mol. The van der Waals surface area contributed by atoms with E-state index in [0.717, 1.165) is 48.4 Å². The van der Waals surface area contributed by atoms with Gasteiger partial charge in [0.25, 0.3) is 0 Å². The van der Waals surface area contributed by atoms with Gasteiger partial charge in [-0.3, -0.25) is 19.9 Å². The summed E-state index contributed by atoms with van der Waals surface area (Å²) in [5.74, 6) is 0.344. The molecule has 8 rings (SSSR count). The minimum Gasteiger partial charge on any atom is -2.00 e. The third-order valence-corrected chi connectivity index (χ3v) is 9.64. The molecule has 8 aromatic rings. The van der Waals surface area contributed by atoms with Crippen LogP contribution in [0.15, 0.2) is 219 Å². The van der Waals surface area contributed by atoms with E-state index in [4.69, 9.17) is 0 Å². The molecular weight excluding hydrogens is 976 g/mol. The van der Waals surface area contributed by atoms with Gasteiger partial charge in [-0.05, 0) is 99.0 Å². The van der Waals surface area contributed by atoms with Crippen molar-refractivity contribution < 1.29 is 60.0 Å². The van der Waals surface area contributed by atoms with Crippen LogP contribution in [0.2, 0.25) is 0 Å². The molecular formula is C56H64Fe2N8O5+2. The van der Waals surface area contributed by atoms with Gasteiger partial charge in [-0.15, -0.1) is 23.0 Å². The molecule has 13 nitrogen and oxygen atoms in total. The van der Waals surface area contributed by atoms with Crippen LogP contribution < -0.4 is 20.4 Å². The van der Waals surface area contributed by atoms with Gasteiger partial charge in [0.2, 0.25) is 0 Å². The maximum absolute atomic E-state index is 11.7. The molecule has 4 aromatic heterocycles. The Balaban J connectivity index is 0.000000916. The van der Waals surface area contributed by atoms with Crippen LogP contribution in [0.3, 0.4) is 0 Å². The molecule has 0 amide bonds. The predicted octanol–water partition coefficient (Wildman–Crippen LogP) is 7.00. The SMILES string of the molecule is CN(CCN(C)Cc1ccccc1[O-])Cc1ccccc1[O-].CN(CCN(C)Cc1ccccc1[O-])Cc1ccccc1[O-].[Fe+4].[Fe+4].[O-2].c1ccncc1.c1ccncc1.c1ccncc1.c1ccncc1. The zero-order valence-electron chi connectivity index (χ0n) is 40.8. The van der Waals surface area contributed by atoms with Crippen LogP contribution in [0.5, 0.6) is 23.0 Å². The molecule has 15 heteroatoms. The number of likely N-dealkylation sites (N-methyl/N-ethyl adjacent to an activating group) is 4. The molecule has 0 aliphatic heterocycles. The normalized spacial score (nSPS) is 9.69. The Kier molecular flexibility index (Phi) is 37.5. The van der Waals surface area contributed by atoms with E-state index in [0.29, 0.717) is 26.2 Å². The summed E-state index contributed by atoms with van der Waals surface area (Å²) in [6.45, 7) is 5.93. The summed E-state index contributed by atoms with van der Waals surface area (Å²) in [6, 6.07) is 51.4. The molecule has 0 aliphatic carbocycles. The average Bonchev–Trinajstić information content (AvgIpc) is 3.39. The molecule has 0 radical (unpaired) electrons. The summed E-state index contributed by atoms with van der Waals surface area (Å²) in [5, 5.41) is 46.8. The van der Waals surface area contributed by atoms with E-state index in [2.05, 4.69) is 39.5 Å². The minimum atomic E-state index is 0. The maximum Gasteiger partial charge on any atom is 4.00 e. The summed E-state index contributed by atoms with van der Waals surface area (Å²) in [4.78, 5) is 23.6. The monoisotopic (exact) mass is 1040 g/mol. The van der Waals surface area contributed by atoms with E-state index >= 15 is 0 Å². The van der Waals surface area contributed by atoms with E-state index in [1.807, 2.05) is 150 Å². The maximum atomic E-state index is 11.7. The third kappa shape index (κ3) is 31.4. The van der Waals surface area contributed by atoms with Gasteiger partial charge in [0.15, 0.2) is 0 Å². The molecule has 372 valence electrons. The van der Waals surface area contributed by atoms with E-state index < -0.39 is 0 Å². The number of benzene rings is 4. The van der Waals surface area contributed by atoms with Gasteiger partial charge in [-0.25, -0.2) is 0 Å². The Morgan fingerprint density at radius 2 is 0.451 bits per heavy atom. The Bertz CT molecular complexity index is 1980. The molecule has 4 aromatic carbocycles. The van der Waals surface area contributed by atoms with Crippen LogP contribution in [0.1, 0.15) is 22.3 Å². The molecule has 0 unspecified atom stereocenters. The third-order valence-electron chi connectivity index (χ3n) is 9.64. The van der Waals surface area contributed by atoms with E-state index in [1.165, 1.54) is 0 Å². The van der Waals surface area contributed by atoms with Crippen molar-refractivity contribution in [2.75, 3.05) is 54.4 Å². The molecule has 71 heavy (non-hydrogen) atoms. The van der Waals surface area contributed by atoms with E-state index in [1.54, 1.807) is 98.1 Å². The number of rotatable bonds is 14. The van der Waals surface area contributed by atoms with Crippen LogP contribution in [0.4, 0.5) is 0 Å². The van der Waals surface area contributed by atoms with Gasteiger partial charge in [0, 0.05) is 102 Å². The first kappa shape index (κ1) is 64.5. The molecule has 0 saturated heterocycles. The summed E-state index contributed by atoms with van der Waals surface area (Å²) < 4.78 is 0. The van der Waals surface area contributed by atoms with Crippen molar-refractivity contribution in [3.63, 3.8) is 0 Å². The molecule has 0 fully saturated rings. The van der Waals surface area contributed by atoms with Crippen LogP contribution in [-0.4, -0.2) is 93.9 Å².